The fourth-order valence-electron chi connectivity index (χ4n) is 2.91. The summed E-state index contributed by atoms with van der Waals surface area (Å²) in [5.41, 5.74) is 1.17. The fourth-order valence-corrected chi connectivity index (χ4v) is 2.91. The molecule has 25 heavy (non-hydrogen) atoms. The van der Waals surface area contributed by atoms with Crippen LogP contribution in [0.15, 0.2) is 24.3 Å². The smallest absolute Gasteiger partial charge is 0.407 e. The van der Waals surface area contributed by atoms with E-state index in [9.17, 15) is 15.0 Å². The third-order valence-corrected chi connectivity index (χ3v) is 4.12. The molecule has 6 heteroatoms. The standard InChI is InChI=1S/C19H30N2O4/c1-19(2,3)25-18(24)20-12-16(22)17(23)15-8-6-7-14(11-15)13-21-9-4-5-10-21/h6-8,11,16-17,22-23H,4-5,9-10,12-13H2,1-3H3,(H,20,24). The van der Waals surface area contributed by atoms with Crippen molar-refractivity contribution < 1.29 is 19.7 Å². The molecule has 0 spiro atoms. The Morgan fingerprint density at radius 3 is 2.60 bits per heavy atom. The lowest BCUT2D eigenvalue weighted by atomic mass is 10.0. The summed E-state index contributed by atoms with van der Waals surface area (Å²) < 4.78 is 5.12. The number of alkyl carbamates (subject to hydrolysis) is 1. The number of hydrogen-bond acceptors (Lipinski definition) is 5. The summed E-state index contributed by atoms with van der Waals surface area (Å²) in [5.74, 6) is 0. The molecule has 3 N–H and O–H groups in total. The second-order valence-electron chi connectivity index (χ2n) is 7.62. The van der Waals surface area contributed by atoms with Gasteiger partial charge in [0.1, 0.15) is 17.8 Å². The molecule has 1 aromatic rings. The van der Waals surface area contributed by atoms with Crippen molar-refractivity contribution in [1.82, 2.24) is 10.2 Å². The predicted molar refractivity (Wildman–Crippen MR) is 96.2 cm³/mol. The Labute approximate surface area is 149 Å². The highest BCUT2D eigenvalue weighted by Crippen LogP contribution is 2.20. The average molecular weight is 350 g/mol. The molecule has 2 atom stereocenters. The van der Waals surface area contributed by atoms with Crippen molar-refractivity contribution in [3.8, 4) is 0 Å². The van der Waals surface area contributed by atoms with Crippen LogP contribution < -0.4 is 5.32 Å². The summed E-state index contributed by atoms with van der Waals surface area (Å²) >= 11 is 0. The fraction of sp³-hybridized carbons (Fsp3) is 0.632. The van der Waals surface area contributed by atoms with Crippen LogP contribution in [0.1, 0.15) is 50.8 Å². The number of aliphatic hydroxyl groups excluding tert-OH is 2. The molecular formula is C19H30N2O4. The summed E-state index contributed by atoms with van der Waals surface area (Å²) in [4.78, 5) is 14.0. The van der Waals surface area contributed by atoms with E-state index >= 15 is 0 Å². The molecule has 0 saturated carbocycles. The van der Waals surface area contributed by atoms with Gasteiger partial charge in [-0.05, 0) is 57.8 Å². The second kappa shape index (κ2) is 8.65. The largest absolute Gasteiger partial charge is 0.444 e. The number of nitrogens with zero attached hydrogens (tertiary/aromatic N) is 1. The van der Waals surface area contributed by atoms with E-state index in [1.807, 2.05) is 18.2 Å². The zero-order valence-electron chi connectivity index (χ0n) is 15.4. The number of rotatable bonds is 6. The zero-order valence-corrected chi connectivity index (χ0v) is 15.4. The van der Waals surface area contributed by atoms with Gasteiger partial charge in [0.2, 0.25) is 0 Å². The Hall–Kier alpha value is -1.63. The molecule has 1 fully saturated rings. The molecule has 0 aliphatic carbocycles. The number of carbonyl (C=O) groups is 1. The number of likely N-dealkylation sites (tertiary alicyclic amines) is 1. The van der Waals surface area contributed by atoms with Crippen molar-refractivity contribution in [1.29, 1.82) is 0 Å². The molecule has 2 rings (SSSR count). The van der Waals surface area contributed by atoms with Crippen LogP contribution in [0.25, 0.3) is 0 Å². The Morgan fingerprint density at radius 1 is 1.28 bits per heavy atom. The number of nitrogens with one attached hydrogen (secondary N) is 1. The first kappa shape index (κ1) is 19.7. The summed E-state index contributed by atoms with van der Waals surface area (Å²) in [5, 5.41) is 23.0. The van der Waals surface area contributed by atoms with Crippen molar-refractivity contribution in [2.75, 3.05) is 19.6 Å². The molecule has 140 valence electrons. The Morgan fingerprint density at radius 2 is 1.96 bits per heavy atom. The molecule has 1 aromatic carbocycles. The number of hydrogen-bond donors (Lipinski definition) is 3. The molecule has 1 saturated heterocycles. The first-order valence-electron chi connectivity index (χ1n) is 8.89. The monoisotopic (exact) mass is 350 g/mol. The van der Waals surface area contributed by atoms with Crippen LogP contribution in [0.3, 0.4) is 0 Å². The van der Waals surface area contributed by atoms with E-state index in [0.717, 1.165) is 25.2 Å². The van der Waals surface area contributed by atoms with Crippen molar-refractivity contribution >= 4 is 6.09 Å². The topological polar surface area (TPSA) is 82.0 Å². The molecule has 0 aromatic heterocycles. The van der Waals surface area contributed by atoms with Crippen LogP contribution in [0.2, 0.25) is 0 Å². The molecule has 0 radical (unpaired) electrons. The maximum absolute atomic E-state index is 11.6. The van der Waals surface area contributed by atoms with Crippen molar-refractivity contribution in [2.45, 2.75) is 58.0 Å². The van der Waals surface area contributed by atoms with Crippen molar-refractivity contribution in [3.05, 3.63) is 35.4 Å². The minimum atomic E-state index is -1.10. The van der Waals surface area contributed by atoms with Gasteiger partial charge < -0.3 is 20.3 Å². The van der Waals surface area contributed by atoms with Crippen molar-refractivity contribution in [2.24, 2.45) is 0 Å². The lowest BCUT2D eigenvalue weighted by Gasteiger charge is -2.22. The molecule has 2 unspecified atom stereocenters. The van der Waals surface area contributed by atoms with E-state index in [2.05, 4.69) is 10.2 Å². The van der Waals surface area contributed by atoms with Crippen LogP contribution >= 0.6 is 0 Å². The van der Waals surface area contributed by atoms with Gasteiger partial charge in [0.05, 0.1) is 0 Å². The quantitative estimate of drug-likeness (QED) is 0.733. The van der Waals surface area contributed by atoms with E-state index in [1.165, 1.54) is 12.8 Å². The first-order chi connectivity index (χ1) is 11.7. The lowest BCUT2D eigenvalue weighted by Crippen LogP contribution is -2.38. The Balaban J connectivity index is 1.88. The van der Waals surface area contributed by atoms with Crippen LogP contribution in [-0.2, 0) is 11.3 Å². The van der Waals surface area contributed by atoms with Crippen molar-refractivity contribution in [3.63, 3.8) is 0 Å². The number of ether oxygens (including phenoxy) is 1. The third-order valence-electron chi connectivity index (χ3n) is 4.12. The molecular weight excluding hydrogens is 320 g/mol. The zero-order chi connectivity index (χ0) is 18.4. The molecule has 0 bridgehead atoms. The second-order valence-corrected chi connectivity index (χ2v) is 7.62. The highest BCUT2D eigenvalue weighted by atomic mass is 16.6. The van der Waals surface area contributed by atoms with Gasteiger partial charge in [-0.1, -0.05) is 24.3 Å². The van der Waals surface area contributed by atoms with E-state index in [0.29, 0.717) is 5.56 Å². The maximum Gasteiger partial charge on any atom is 0.407 e. The SMILES string of the molecule is CC(C)(C)OC(=O)NCC(O)C(O)c1cccc(CN2CCCC2)c1. The highest BCUT2D eigenvalue weighted by Gasteiger charge is 2.22. The van der Waals surface area contributed by atoms with E-state index in [-0.39, 0.29) is 6.54 Å². The van der Waals surface area contributed by atoms with Gasteiger partial charge in [-0.15, -0.1) is 0 Å². The van der Waals surface area contributed by atoms with Crippen LogP contribution in [0.4, 0.5) is 4.79 Å². The summed E-state index contributed by atoms with van der Waals surface area (Å²) in [6, 6.07) is 7.62. The Kier molecular flexibility index (Phi) is 6.81. The Bertz CT molecular complexity index is 565. The lowest BCUT2D eigenvalue weighted by molar-refractivity contribution is 0.0129. The van der Waals surface area contributed by atoms with Gasteiger partial charge in [0.25, 0.3) is 0 Å². The highest BCUT2D eigenvalue weighted by molar-refractivity contribution is 5.67. The summed E-state index contributed by atoms with van der Waals surface area (Å²) in [6.45, 7) is 8.29. The summed E-state index contributed by atoms with van der Waals surface area (Å²) in [6.07, 6.45) is -0.307. The molecule has 1 amide bonds. The van der Waals surface area contributed by atoms with Gasteiger partial charge >= 0.3 is 6.09 Å². The normalized spacial score (nSPS) is 18.0. The van der Waals surface area contributed by atoms with Crippen LogP contribution in [0, 0.1) is 0 Å². The minimum absolute atomic E-state index is 0.0770. The number of benzene rings is 1. The van der Waals surface area contributed by atoms with E-state index < -0.39 is 23.9 Å². The molecule has 1 aliphatic heterocycles. The van der Waals surface area contributed by atoms with Crippen LogP contribution in [0.5, 0.6) is 0 Å². The van der Waals surface area contributed by atoms with Gasteiger partial charge in [0.15, 0.2) is 0 Å². The molecule has 1 heterocycles. The predicted octanol–water partition coefficient (Wildman–Crippen LogP) is 2.20. The van der Waals surface area contributed by atoms with Gasteiger partial charge in [0, 0.05) is 13.1 Å². The van der Waals surface area contributed by atoms with Gasteiger partial charge in [-0.3, -0.25) is 4.90 Å². The number of aliphatic hydroxyl groups is 2. The minimum Gasteiger partial charge on any atom is -0.444 e. The number of amides is 1. The first-order valence-corrected chi connectivity index (χ1v) is 8.89. The van der Waals surface area contributed by atoms with Crippen LogP contribution in [-0.4, -0.2) is 52.5 Å². The summed E-state index contributed by atoms with van der Waals surface area (Å²) in [7, 11) is 0. The molecule has 1 aliphatic rings. The average Bonchev–Trinajstić information content (AvgIpc) is 3.03. The molecule has 6 nitrogen and oxygen atoms in total. The maximum atomic E-state index is 11.6. The third kappa shape index (κ3) is 6.65. The van der Waals surface area contributed by atoms with E-state index in [1.54, 1.807) is 26.8 Å². The van der Waals surface area contributed by atoms with Gasteiger partial charge in [-0.25, -0.2) is 4.79 Å². The number of carbonyl (C=O) groups excluding carboxylic acids is 1. The van der Waals surface area contributed by atoms with E-state index in [4.69, 9.17) is 4.74 Å². The van der Waals surface area contributed by atoms with Gasteiger partial charge in [-0.2, -0.15) is 0 Å².